The molecule has 0 heterocycles. The molecule has 7 heteroatoms. The fourth-order valence-corrected chi connectivity index (χ4v) is 3.32. The molecule has 0 saturated carbocycles. The molecule has 33 heavy (non-hydrogen) atoms. The summed E-state index contributed by atoms with van der Waals surface area (Å²) in [5, 5.41) is 3.25. The van der Waals surface area contributed by atoms with Crippen molar-refractivity contribution in [3.63, 3.8) is 0 Å². The number of carbonyl (C=O) groups is 1. The Morgan fingerprint density at radius 3 is 2.52 bits per heavy atom. The number of ether oxygens (including phenoxy) is 2. The highest BCUT2D eigenvalue weighted by molar-refractivity contribution is 5.93. The molecule has 6 nitrogen and oxygen atoms in total. The summed E-state index contributed by atoms with van der Waals surface area (Å²) in [4.78, 5) is 14.2. The van der Waals surface area contributed by atoms with Gasteiger partial charge in [-0.15, -0.1) is 0 Å². The van der Waals surface area contributed by atoms with E-state index in [1.54, 1.807) is 19.2 Å². The Balaban J connectivity index is 2.00. The van der Waals surface area contributed by atoms with E-state index < -0.39 is 5.82 Å². The van der Waals surface area contributed by atoms with Crippen LogP contribution in [-0.4, -0.2) is 19.6 Å². The van der Waals surface area contributed by atoms with Gasteiger partial charge in [-0.2, -0.15) is 0 Å². The van der Waals surface area contributed by atoms with E-state index in [-0.39, 0.29) is 12.5 Å². The minimum Gasteiger partial charge on any atom is -0.497 e. The van der Waals surface area contributed by atoms with Crippen molar-refractivity contribution in [3.8, 4) is 17.2 Å². The van der Waals surface area contributed by atoms with Crippen LogP contribution in [0.5, 0.6) is 17.2 Å². The lowest BCUT2D eigenvalue weighted by Gasteiger charge is -2.26. The molecule has 1 amide bonds. The molecule has 0 atom stereocenters. The standard InChI is InChI=1S/C26H28FN3O3/c1-18(13-14-28)29-24-11-10-23(32-3)15-20(24)17-30(19(2)31)25-16-21(27)9-12-26(25)33-22-7-5-4-6-8-22/h4-12,15-16,29H,1,13-14,17,28H2,2-3H3. The van der Waals surface area contributed by atoms with E-state index in [1.807, 2.05) is 36.4 Å². The summed E-state index contributed by atoms with van der Waals surface area (Å²) in [6, 6.07) is 18.7. The zero-order valence-electron chi connectivity index (χ0n) is 18.8. The average molecular weight is 450 g/mol. The zero-order chi connectivity index (χ0) is 23.8. The van der Waals surface area contributed by atoms with Gasteiger partial charge < -0.3 is 25.4 Å². The summed E-state index contributed by atoms with van der Waals surface area (Å²) in [6.07, 6.45) is 0.598. The van der Waals surface area contributed by atoms with Crippen LogP contribution in [0.1, 0.15) is 18.9 Å². The van der Waals surface area contributed by atoms with E-state index in [1.165, 1.54) is 30.0 Å². The Hall–Kier alpha value is -3.84. The molecule has 0 aliphatic carbocycles. The molecular weight excluding hydrogens is 421 g/mol. The first-order valence-electron chi connectivity index (χ1n) is 10.5. The number of rotatable bonds is 10. The molecule has 0 radical (unpaired) electrons. The maximum atomic E-state index is 14.3. The van der Waals surface area contributed by atoms with Crippen LogP contribution >= 0.6 is 0 Å². The number of hydrogen-bond donors (Lipinski definition) is 2. The molecule has 3 aromatic carbocycles. The number of nitrogens with one attached hydrogen (secondary N) is 1. The van der Waals surface area contributed by atoms with Crippen LogP contribution in [0.25, 0.3) is 0 Å². The fraction of sp³-hybridized carbons (Fsp3) is 0.192. The van der Waals surface area contributed by atoms with Gasteiger partial charge in [0, 0.05) is 24.4 Å². The first-order chi connectivity index (χ1) is 15.9. The lowest BCUT2D eigenvalue weighted by Crippen LogP contribution is -2.28. The van der Waals surface area contributed by atoms with Crippen molar-refractivity contribution in [2.24, 2.45) is 5.73 Å². The predicted molar refractivity (Wildman–Crippen MR) is 129 cm³/mol. The van der Waals surface area contributed by atoms with E-state index >= 15 is 0 Å². The van der Waals surface area contributed by atoms with Crippen LogP contribution in [-0.2, 0) is 11.3 Å². The summed E-state index contributed by atoms with van der Waals surface area (Å²) in [5.74, 6) is 0.826. The molecular formula is C26H28FN3O3. The molecule has 0 saturated heterocycles. The van der Waals surface area contributed by atoms with Gasteiger partial charge in [0.2, 0.25) is 5.91 Å². The Kier molecular flexibility index (Phi) is 8.05. The minimum absolute atomic E-state index is 0.152. The first kappa shape index (κ1) is 23.8. The highest BCUT2D eigenvalue weighted by Crippen LogP contribution is 2.35. The SMILES string of the molecule is C=C(CCN)Nc1ccc(OC)cc1CN(C(C)=O)c1cc(F)ccc1Oc1ccccc1. The third kappa shape index (κ3) is 6.33. The van der Waals surface area contributed by atoms with Crippen LogP contribution in [0.3, 0.4) is 0 Å². The normalized spacial score (nSPS) is 10.4. The molecule has 0 unspecified atom stereocenters. The molecule has 0 fully saturated rings. The van der Waals surface area contributed by atoms with Gasteiger partial charge >= 0.3 is 0 Å². The van der Waals surface area contributed by atoms with Gasteiger partial charge in [-0.3, -0.25) is 4.79 Å². The predicted octanol–water partition coefficient (Wildman–Crippen LogP) is 5.45. The average Bonchev–Trinajstić information content (AvgIpc) is 2.80. The van der Waals surface area contributed by atoms with Crippen molar-refractivity contribution in [1.29, 1.82) is 0 Å². The van der Waals surface area contributed by atoms with E-state index in [2.05, 4.69) is 11.9 Å². The molecule has 3 rings (SSSR count). The topological polar surface area (TPSA) is 76.8 Å². The molecule has 0 aliphatic heterocycles. The lowest BCUT2D eigenvalue weighted by atomic mass is 10.1. The number of halogens is 1. The van der Waals surface area contributed by atoms with E-state index in [4.69, 9.17) is 15.2 Å². The van der Waals surface area contributed by atoms with Crippen LogP contribution in [0.4, 0.5) is 15.8 Å². The summed E-state index contributed by atoms with van der Waals surface area (Å²) in [5.41, 5.74) is 8.22. The first-order valence-corrected chi connectivity index (χ1v) is 10.5. The van der Waals surface area contributed by atoms with Crippen molar-refractivity contribution in [1.82, 2.24) is 0 Å². The lowest BCUT2D eigenvalue weighted by molar-refractivity contribution is -0.116. The van der Waals surface area contributed by atoms with Gasteiger partial charge in [0.05, 0.1) is 19.3 Å². The molecule has 3 aromatic rings. The highest BCUT2D eigenvalue weighted by Gasteiger charge is 2.20. The third-order valence-corrected chi connectivity index (χ3v) is 4.96. The molecule has 0 spiro atoms. The van der Waals surface area contributed by atoms with Crippen molar-refractivity contribution in [2.75, 3.05) is 23.9 Å². The largest absolute Gasteiger partial charge is 0.497 e. The molecule has 172 valence electrons. The van der Waals surface area contributed by atoms with E-state index in [0.29, 0.717) is 35.9 Å². The number of methoxy groups -OCH3 is 1. The number of hydrogen-bond acceptors (Lipinski definition) is 5. The number of para-hydroxylation sites is 1. The van der Waals surface area contributed by atoms with Gasteiger partial charge in [0.15, 0.2) is 5.75 Å². The Bertz CT molecular complexity index is 1120. The second kappa shape index (κ2) is 11.2. The van der Waals surface area contributed by atoms with Gasteiger partial charge in [-0.1, -0.05) is 24.8 Å². The Morgan fingerprint density at radius 1 is 1.09 bits per heavy atom. The van der Waals surface area contributed by atoms with Crippen molar-refractivity contribution in [2.45, 2.75) is 19.9 Å². The fourth-order valence-electron chi connectivity index (χ4n) is 3.32. The van der Waals surface area contributed by atoms with Gasteiger partial charge in [0.25, 0.3) is 0 Å². The van der Waals surface area contributed by atoms with E-state index in [0.717, 1.165) is 16.9 Å². The molecule has 3 N–H and O–H groups in total. The summed E-state index contributed by atoms with van der Waals surface area (Å²) in [6.45, 7) is 6.04. The summed E-state index contributed by atoms with van der Waals surface area (Å²) >= 11 is 0. The van der Waals surface area contributed by atoms with Crippen molar-refractivity contribution >= 4 is 17.3 Å². The third-order valence-electron chi connectivity index (χ3n) is 4.96. The van der Waals surface area contributed by atoms with Crippen molar-refractivity contribution in [3.05, 3.63) is 90.4 Å². The zero-order valence-corrected chi connectivity index (χ0v) is 18.8. The van der Waals surface area contributed by atoms with Gasteiger partial charge in [-0.05, 0) is 61.0 Å². The summed E-state index contributed by atoms with van der Waals surface area (Å²) in [7, 11) is 1.57. The highest BCUT2D eigenvalue weighted by atomic mass is 19.1. The van der Waals surface area contributed by atoms with Crippen LogP contribution in [0.15, 0.2) is 79.0 Å². The molecule has 0 aromatic heterocycles. The minimum atomic E-state index is -0.475. The second-order valence-corrected chi connectivity index (χ2v) is 7.42. The van der Waals surface area contributed by atoms with E-state index in [9.17, 15) is 9.18 Å². The number of nitrogens with two attached hydrogens (primary N) is 1. The number of amides is 1. The van der Waals surface area contributed by atoms with Gasteiger partial charge in [0.1, 0.15) is 17.3 Å². The number of anilines is 2. The number of carbonyl (C=O) groups excluding carboxylic acids is 1. The smallest absolute Gasteiger partial charge is 0.224 e. The second-order valence-electron chi connectivity index (χ2n) is 7.42. The summed E-state index contributed by atoms with van der Waals surface area (Å²) < 4.78 is 25.6. The van der Waals surface area contributed by atoms with Crippen LogP contribution in [0.2, 0.25) is 0 Å². The van der Waals surface area contributed by atoms with Crippen LogP contribution < -0.4 is 25.4 Å². The number of nitrogens with zero attached hydrogens (tertiary/aromatic N) is 1. The monoisotopic (exact) mass is 449 g/mol. The maximum absolute atomic E-state index is 14.3. The van der Waals surface area contributed by atoms with Crippen molar-refractivity contribution < 1.29 is 18.7 Å². The quantitative estimate of drug-likeness (QED) is 0.430. The van der Waals surface area contributed by atoms with Gasteiger partial charge in [-0.25, -0.2) is 4.39 Å². The Morgan fingerprint density at radius 2 is 1.85 bits per heavy atom. The molecule has 0 aliphatic rings. The Labute approximate surface area is 193 Å². The maximum Gasteiger partial charge on any atom is 0.224 e. The number of benzene rings is 3. The van der Waals surface area contributed by atoms with Crippen LogP contribution in [0, 0.1) is 5.82 Å². The molecule has 0 bridgehead atoms.